The zero-order chi connectivity index (χ0) is 13.7. The summed E-state index contributed by atoms with van der Waals surface area (Å²) in [4.78, 5) is 23.8. The quantitative estimate of drug-likeness (QED) is 0.831. The molecule has 0 spiro atoms. The van der Waals surface area contributed by atoms with Gasteiger partial charge in [-0.3, -0.25) is 14.3 Å². The van der Waals surface area contributed by atoms with Crippen LogP contribution in [0.1, 0.15) is 43.2 Å². The highest BCUT2D eigenvalue weighted by molar-refractivity contribution is 5.92. The van der Waals surface area contributed by atoms with Gasteiger partial charge in [-0.25, -0.2) is 0 Å². The second-order valence-corrected chi connectivity index (χ2v) is 4.50. The highest BCUT2D eigenvalue weighted by Crippen LogP contribution is 2.06. The molecule has 1 aromatic heterocycles. The summed E-state index contributed by atoms with van der Waals surface area (Å²) < 4.78 is 1.72. The smallest absolute Gasteiger partial charge is 0.303 e. The normalized spacial score (nSPS) is 10.7. The highest BCUT2D eigenvalue weighted by atomic mass is 16.4. The highest BCUT2D eigenvalue weighted by Gasteiger charge is 2.15. The Bertz CT molecular complexity index is 426. The van der Waals surface area contributed by atoms with Crippen molar-refractivity contribution in [1.82, 2.24) is 14.7 Å². The molecule has 18 heavy (non-hydrogen) atoms. The van der Waals surface area contributed by atoms with Gasteiger partial charge in [0.05, 0.1) is 0 Å². The van der Waals surface area contributed by atoms with Gasteiger partial charge in [0.2, 0.25) is 0 Å². The first-order valence-corrected chi connectivity index (χ1v) is 5.94. The molecule has 0 saturated carbocycles. The van der Waals surface area contributed by atoms with Gasteiger partial charge in [-0.05, 0) is 26.3 Å². The molecule has 0 radical (unpaired) electrons. The molecule has 100 valence electrons. The summed E-state index contributed by atoms with van der Waals surface area (Å²) >= 11 is 0. The fourth-order valence-corrected chi connectivity index (χ4v) is 1.50. The zero-order valence-corrected chi connectivity index (χ0v) is 11.0. The van der Waals surface area contributed by atoms with Gasteiger partial charge in [-0.15, -0.1) is 0 Å². The monoisotopic (exact) mass is 253 g/mol. The van der Waals surface area contributed by atoms with E-state index in [4.69, 9.17) is 5.11 Å². The Morgan fingerprint density at radius 3 is 2.67 bits per heavy atom. The molecule has 1 rings (SSSR count). The molecule has 0 aliphatic carbocycles. The lowest BCUT2D eigenvalue weighted by molar-refractivity contribution is -0.137. The van der Waals surface area contributed by atoms with Crippen LogP contribution in [-0.4, -0.2) is 45.3 Å². The predicted molar refractivity (Wildman–Crippen MR) is 66.4 cm³/mol. The second-order valence-electron chi connectivity index (χ2n) is 4.50. The summed E-state index contributed by atoms with van der Waals surface area (Å²) in [5.74, 6) is -1.03. The van der Waals surface area contributed by atoms with Crippen molar-refractivity contribution in [3.05, 3.63) is 18.0 Å². The first-order chi connectivity index (χ1) is 8.41. The number of amides is 1. The number of aliphatic carboxylic acids is 1. The average Bonchev–Trinajstić information content (AvgIpc) is 2.76. The summed E-state index contributed by atoms with van der Waals surface area (Å²) in [5.41, 5.74) is 0.390. The summed E-state index contributed by atoms with van der Waals surface area (Å²) in [5, 5.41) is 12.7. The van der Waals surface area contributed by atoms with E-state index < -0.39 is 5.97 Å². The van der Waals surface area contributed by atoms with E-state index in [1.54, 1.807) is 24.0 Å². The molecule has 6 nitrogen and oxygen atoms in total. The lowest BCUT2D eigenvalue weighted by atomic mass is 10.3. The molecular weight excluding hydrogens is 234 g/mol. The third-order valence-electron chi connectivity index (χ3n) is 2.59. The number of nitrogens with zero attached hydrogens (tertiary/aromatic N) is 3. The van der Waals surface area contributed by atoms with E-state index in [0.717, 1.165) is 0 Å². The average molecular weight is 253 g/mol. The number of rotatable bonds is 6. The van der Waals surface area contributed by atoms with Crippen LogP contribution in [0.3, 0.4) is 0 Å². The van der Waals surface area contributed by atoms with Crippen molar-refractivity contribution in [2.45, 2.75) is 32.7 Å². The molecular formula is C12H19N3O3. The minimum atomic E-state index is -0.847. The number of aromatic nitrogens is 2. The summed E-state index contributed by atoms with van der Waals surface area (Å²) in [6, 6.07) is 1.89. The molecule has 0 aromatic carbocycles. The Hall–Kier alpha value is -1.85. The second kappa shape index (κ2) is 6.18. The SMILES string of the molecule is CC(C)n1ccc(C(=O)N(C)CCCC(=O)O)n1. The maximum absolute atomic E-state index is 12.0. The Morgan fingerprint density at radius 1 is 1.50 bits per heavy atom. The molecule has 1 aromatic rings. The fraction of sp³-hybridized carbons (Fsp3) is 0.583. The van der Waals surface area contributed by atoms with E-state index in [-0.39, 0.29) is 18.4 Å². The summed E-state index contributed by atoms with van der Waals surface area (Å²) in [7, 11) is 1.65. The van der Waals surface area contributed by atoms with Gasteiger partial charge >= 0.3 is 5.97 Å². The van der Waals surface area contributed by atoms with Gasteiger partial charge in [-0.1, -0.05) is 0 Å². The summed E-state index contributed by atoms with van der Waals surface area (Å²) in [6.45, 7) is 4.38. The van der Waals surface area contributed by atoms with Gasteiger partial charge in [0.25, 0.3) is 5.91 Å². The molecule has 1 amide bonds. The van der Waals surface area contributed by atoms with Gasteiger partial charge in [0.15, 0.2) is 0 Å². The van der Waals surface area contributed by atoms with Crippen LogP contribution in [0.2, 0.25) is 0 Å². The largest absolute Gasteiger partial charge is 0.481 e. The van der Waals surface area contributed by atoms with E-state index in [2.05, 4.69) is 5.10 Å². The first-order valence-electron chi connectivity index (χ1n) is 5.94. The van der Waals surface area contributed by atoms with Crippen molar-refractivity contribution in [3.8, 4) is 0 Å². The van der Waals surface area contributed by atoms with Crippen LogP contribution >= 0.6 is 0 Å². The number of carbonyl (C=O) groups is 2. The van der Waals surface area contributed by atoms with E-state index in [0.29, 0.717) is 18.7 Å². The maximum atomic E-state index is 12.0. The van der Waals surface area contributed by atoms with Gasteiger partial charge in [-0.2, -0.15) is 5.10 Å². The van der Waals surface area contributed by atoms with Crippen LogP contribution in [-0.2, 0) is 4.79 Å². The lowest BCUT2D eigenvalue weighted by Crippen LogP contribution is -2.28. The van der Waals surface area contributed by atoms with E-state index in [1.807, 2.05) is 13.8 Å². The molecule has 0 bridgehead atoms. The first kappa shape index (κ1) is 14.2. The molecule has 0 saturated heterocycles. The summed E-state index contributed by atoms with van der Waals surface area (Å²) in [6.07, 6.45) is 2.28. The Balaban J connectivity index is 2.54. The minimum Gasteiger partial charge on any atom is -0.481 e. The predicted octanol–water partition coefficient (Wildman–Crippen LogP) is 1.40. The van der Waals surface area contributed by atoms with Crippen molar-refractivity contribution < 1.29 is 14.7 Å². The molecule has 1 N–H and O–H groups in total. The topological polar surface area (TPSA) is 75.4 Å². The Morgan fingerprint density at radius 2 is 2.17 bits per heavy atom. The third-order valence-corrected chi connectivity index (χ3v) is 2.59. The number of carbonyl (C=O) groups excluding carboxylic acids is 1. The molecule has 0 atom stereocenters. The number of carboxylic acids is 1. The van der Waals surface area contributed by atoms with Crippen LogP contribution < -0.4 is 0 Å². The van der Waals surface area contributed by atoms with E-state index >= 15 is 0 Å². The fourth-order valence-electron chi connectivity index (χ4n) is 1.50. The third kappa shape index (κ3) is 3.87. The number of hydrogen-bond acceptors (Lipinski definition) is 3. The Kier molecular flexibility index (Phi) is 4.88. The van der Waals surface area contributed by atoms with Gasteiger partial charge in [0.1, 0.15) is 5.69 Å². The zero-order valence-electron chi connectivity index (χ0n) is 11.0. The standard InChI is InChI=1S/C12H19N3O3/c1-9(2)15-8-6-10(13-15)12(18)14(3)7-4-5-11(16)17/h6,8-9H,4-5,7H2,1-3H3,(H,16,17). The van der Waals surface area contributed by atoms with Crippen molar-refractivity contribution in [1.29, 1.82) is 0 Å². The van der Waals surface area contributed by atoms with E-state index in [1.165, 1.54) is 4.90 Å². The lowest BCUT2D eigenvalue weighted by Gasteiger charge is -2.15. The molecule has 0 unspecified atom stereocenters. The maximum Gasteiger partial charge on any atom is 0.303 e. The van der Waals surface area contributed by atoms with Crippen molar-refractivity contribution in [2.75, 3.05) is 13.6 Å². The molecule has 6 heteroatoms. The van der Waals surface area contributed by atoms with Crippen LogP contribution in [0.5, 0.6) is 0 Å². The number of hydrogen-bond donors (Lipinski definition) is 1. The number of carboxylic acid groups (broad SMARTS) is 1. The minimum absolute atomic E-state index is 0.0675. The van der Waals surface area contributed by atoms with E-state index in [9.17, 15) is 9.59 Å². The molecule has 0 fully saturated rings. The molecule has 1 heterocycles. The van der Waals surface area contributed by atoms with Crippen molar-refractivity contribution in [2.24, 2.45) is 0 Å². The van der Waals surface area contributed by atoms with Crippen molar-refractivity contribution in [3.63, 3.8) is 0 Å². The van der Waals surface area contributed by atoms with Crippen molar-refractivity contribution >= 4 is 11.9 Å². The van der Waals surface area contributed by atoms with Gasteiger partial charge in [0, 0.05) is 32.3 Å². The Labute approximate surface area is 106 Å². The van der Waals surface area contributed by atoms with Crippen LogP contribution in [0, 0.1) is 0 Å². The van der Waals surface area contributed by atoms with Crippen LogP contribution in [0.25, 0.3) is 0 Å². The van der Waals surface area contributed by atoms with Crippen LogP contribution in [0.4, 0.5) is 0 Å². The van der Waals surface area contributed by atoms with Gasteiger partial charge < -0.3 is 10.0 Å². The van der Waals surface area contributed by atoms with Crippen LogP contribution in [0.15, 0.2) is 12.3 Å². The molecule has 0 aliphatic rings. The molecule has 0 aliphatic heterocycles.